The lowest BCUT2D eigenvalue weighted by Crippen LogP contribution is -2.20. The van der Waals surface area contributed by atoms with Gasteiger partial charge in [0.05, 0.1) is 0 Å². The molecule has 20 heavy (non-hydrogen) atoms. The Morgan fingerprint density at radius 1 is 1.35 bits per heavy atom. The van der Waals surface area contributed by atoms with Crippen molar-refractivity contribution in [3.8, 4) is 11.1 Å². The summed E-state index contributed by atoms with van der Waals surface area (Å²) in [7, 11) is 0. The van der Waals surface area contributed by atoms with Gasteiger partial charge in [-0.3, -0.25) is 0 Å². The highest BCUT2D eigenvalue weighted by Crippen LogP contribution is 2.25. The van der Waals surface area contributed by atoms with Crippen LogP contribution < -0.4 is 11.1 Å². The molecule has 4 nitrogen and oxygen atoms in total. The van der Waals surface area contributed by atoms with Crippen LogP contribution in [0.3, 0.4) is 0 Å². The average molecular weight is 339 g/mol. The first kappa shape index (κ1) is 14.9. The number of nitrogens with zero attached hydrogens (tertiary/aromatic N) is 2. The first-order chi connectivity index (χ1) is 9.60. The largest absolute Gasteiger partial charge is 0.352 e. The van der Waals surface area contributed by atoms with Gasteiger partial charge in [-0.1, -0.05) is 15.9 Å². The number of rotatable bonds is 5. The molecule has 2 aromatic rings. The molecule has 0 aliphatic heterocycles. The Balaban J connectivity index is 2.17. The van der Waals surface area contributed by atoms with Crippen LogP contribution in [0.25, 0.3) is 11.1 Å². The molecule has 0 amide bonds. The predicted octanol–water partition coefficient (Wildman–Crippen LogP) is 3.19. The fourth-order valence-corrected chi connectivity index (χ4v) is 2.16. The van der Waals surface area contributed by atoms with Crippen molar-refractivity contribution in [2.75, 3.05) is 11.9 Å². The number of benzene rings is 1. The predicted molar refractivity (Wildman–Crippen MR) is 81.9 cm³/mol. The van der Waals surface area contributed by atoms with Crippen LogP contribution in [-0.2, 0) is 0 Å². The molecule has 0 fully saturated rings. The van der Waals surface area contributed by atoms with E-state index in [9.17, 15) is 4.39 Å². The molecule has 2 rings (SSSR count). The Morgan fingerprint density at radius 2 is 2.05 bits per heavy atom. The van der Waals surface area contributed by atoms with E-state index in [2.05, 4.69) is 31.2 Å². The van der Waals surface area contributed by atoms with Gasteiger partial charge >= 0.3 is 0 Å². The van der Waals surface area contributed by atoms with Gasteiger partial charge in [-0.2, -0.15) is 0 Å². The van der Waals surface area contributed by atoms with E-state index in [4.69, 9.17) is 5.73 Å². The summed E-state index contributed by atoms with van der Waals surface area (Å²) in [4.78, 5) is 8.41. The molecule has 0 radical (unpaired) electrons. The van der Waals surface area contributed by atoms with Crippen LogP contribution in [0.5, 0.6) is 0 Å². The molecule has 1 atom stereocenters. The molecule has 3 N–H and O–H groups in total. The minimum atomic E-state index is -0.297. The van der Waals surface area contributed by atoms with E-state index in [0.717, 1.165) is 10.9 Å². The number of anilines is 1. The lowest BCUT2D eigenvalue weighted by Gasteiger charge is -2.12. The van der Waals surface area contributed by atoms with Crippen LogP contribution in [0.15, 0.2) is 35.1 Å². The summed E-state index contributed by atoms with van der Waals surface area (Å²) in [6.07, 6.45) is 4.05. The Bertz CT molecular complexity index is 574. The second kappa shape index (κ2) is 6.76. The van der Waals surface area contributed by atoms with Crippen molar-refractivity contribution in [2.24, 2.45) is 5.73 Å². The van der Waals surface area contributed by atoms with Crippen LogP contribution in [0, 0.1) is 5.82 Å². The average Bonchev–Trinajstić information content (AvgIpc) is 2.43. The molecular formula is C14H16BrFN4. The summed E-state index contributed by atoms with van der Waals surface area (Å²) >= 11 is 3.33. The van der Waals surface area contributed by atoms with E-state index in [1.54, 1.807) is 24.5 Å². The Morgan fingerprint density at radius 3 is 2.70 bits per heavy atom. The molecule has 0 bridgehead atoms. The molecule has 106 valence electrons. The van der Waals surface area contributed by atoms with Crippen LogP contribution in [0.1, 0.15) is 13.3 Å². The lowest BCUT2D eigenvalue weighted by atomic mass is 10.1. The van der Waals surface area contributed by atoms with E-state index in [-0.39, 0.29) is 11.9 Å². The number of hydrogen-bond acceptors (Lipinski definition) is 4. The molecule has 0 saturated heterocycles. The van der Waals surface area contributed by atoms with Crippen molar-refractivity contribution in [2.45, 2.75) is 19.4 Å². The van der Waals surface area contributed by atoms with Gasteiger partial charge in [0.25, 0.3) is 0 Å². The number of nitrogens with one attached hydrogen (secondary N) is 1. The minimum absolute atomic E-state index is 0.202. The summed E-state index contributed by atoms with van der Waals surface area (Å²) < 4.78 is 14.6. The van der Waals surface area contributed by atoms with Crippen molar-refractivity contribution >= 4 is 21.9 Å². The second-order valence-electron chi connectivity index (χ2n) is 4.54. The van der Waals surface area contributed by atoms with Gasteiger partial charge in [-0.15, -0.1) is 0 Å². The summed E-state index contributed by atoms with van der Waals surface area (Å²) in [5, 5.41) is 3.14. The van der Waals surface area contributed by atoms with E-state index < -0.39 is 0 Å². The zero-order valence-electron chi connectivity index (χ0n) is 11.1. The molecule has 1 aromatic heterocycles. The third kappa shape index (κ3) is 3.74. The Hall–Kier alpha value is -1.53. The quantitative estimate of drug-likeness (QED) is 0.878. The van der Waals surface area contributed by atoms with Gasteiger partial charge in [-0.05, 0) is 38.1 Å². The zero-order valence-corrected chi connectivity index (χ0v) is 12.7. The highest BCUT2D eigenvalue weighted by molar-refractivity contribution is 9.10. The molecule has 1 aromatic carbocycles. The van der Waals surface area contributed by atoms with Crippen molar-refractivity contribution in [1.82, 2.24) is 9.97 Å². The third-order valence-electron chi connectivity index (χ3n) is 2.87. The highest BCUT2D eigenvalue weighted by atomic mass is 79.9. The highest BCUT2D eigenvalue weighted by Gasteiger charge is 2.08. The summed E-state index contributed by atoms with van der Waals surface area (Å²) in [5.74, 6) is 0.221. The maximum atomic E-state index is 13.8. The van der Waals surface area contributed by atoms with Gasteiger partial charge < -0.3 is 11.1 Å². The lowest BCUT2D eigenvalue weighted by molar-refractivity contribution is 0.631. The first-order valence-corrected chi connectivity index (χ1v) is 7.13. The molecule has 6 heteroatoms. The van der Waals surface area contributed by atoms with Crippen LogP contribution >= 0.6 is 15.9 Å². The smallest absolute Gasteiger partial charge is 0.222 e. The SMILES string of the molecule is CC(CCN)Nc1ncc(-c2cc(Br)ccc2F)cn1. The molecule has 0 aliphatic carbocycles. The number of halogens is 2. The molecular weight excluding hydrogens is 323 g/mol. The Labute approximate surface area is 125 Å². The van der Waals surface area contributed by atoms with E-state index >= 15 is 0 Å². The van der Waals surface area contributed by atoms with Crippen molar-refractivity contribution in [3.05, 3.63) is 40.9 Å². The molecule has 1 heterocycles. The van der Waals surface area contributed by atoms with E-state index in [1.807, 2.05) is 6.92 Å². The standard InChI is InChI=1S/C14H16BrFN4/c1-9(4-5-17)20-14-18-7-10(8-19-14)12-6-11(15)2-3-13(12)16/h2-3,6-9H,4-5,17H2,1H3,(H,18,19,20). The van der Waals surface area contributed by atoms with Crippen molar-refractivity contribution in [3.63, 3.8) is 0 Å². The van der Waals surface area contributed by atoms with Gasteiger partial charge in [0.1, 0.15) is 5.82 Å². The maximum Gasteiger partial charge on any atom is 0.222 e. The molecule has 1 unspecified atom stereocenters. The molecule has 0 spiro atoms. The van der Waals surface area contributed by atoms with Crippen LogP contribution in [-0.4, -0.2) is 22.6 Å². The number of aromatic nitrogens is 2. The topological polar surface area (TPSA) is 63.8 Å². The normalized spacial score (nSPS) is 12.2. The fourth-order valence-electron chi connectivity index (χ4n) is 1.80. The maximum absolute atomic E-state index is 13.8. The summed E-state index contributed by atoms with van der Waals surface area (Å²) in [6, 6.07) is 4.98. The van der Waals surface area contributed by atoms with Crippen molar-refractivity contribution < 1.29 is 4.39 Å². The summed E-state index contributed by atoms with van der Waals surface area (Å²) in [5.41, 5.74) is 6.60. The minimum Gasteiger partial charge on any atom is -0.352 e. The first-order valence-electron chi connectivity index (χ1n) is 6.34. The van der Waals surface area contributed by atoms with E-state index in [1.165, 1.54) is 6.07 Å². The van der Waals surface area contributed by atoms with Crippen LogP contribution in [0.4, 0.5) is 10.3 Å². The second-order valence-corrected chi connectivity index (χ2v) is 5.46. The van der Waals surface area contributed by atoms with Gasteiger partial charge in [0.2, 0.25) is 5.95 Å². The van der Waals surface area contributed by atoms with Crippen molar-refractivity contribution in [1.29, 1.82) is 0 Å². The van der Waals surface area contributed by atoms with E-state index in [0.29, 0.717) is 23.6 Å². The molecule has 0 aliphatic rings. The van der Waals surface area contributed by atoms with Gasteiger partial charge in [0, 0.05) is 34.0 Å². The third-order valence-corrected chi connectivity index (χ3v) is 3.36. The van der Waals surface area contributed by atoms with Crippen LogP contribution in [0.2, 0.25) is 0 Å². The molecule has 0 saturated carbocycles. The van der Waals surface area contributed by atoms with Gasteiger partial charge in [-0.25, -0.2) is 14.4 Å². The summed E-state index contributed by atoms with van der Waals surface area (Å²) in [6.45, 7) is 2.62. The Kier molecular flexibility index (Phi) is 5.03. The zero-order chi connectivity index (χ0) is 14.5. The van der Waals surface area contributed by atoms with Gasteiger partial charge in [0.15, 0.2) is 0 Å². The monoisotopic (exact) mass is 338 g/mol. The number of hydrogen-bond donors (Lipinski definition) is 2. The fraction of sp³-hybridized carbons (Fsp3) is 0.286. The number of nitrogens with two attached hydrogens (primary N) is 1.